The van der Waals surface area contributed by atoms with Crippen molar-refractivity contribution in [2.24, 2.45) is 11.8 Å². The van der Waals surface area contributed by atoms with Crippen LogP contribution in [0, 0.1) is 11.8 Å². The van der Waals surface area contributed by atoms with Crippen molar-refractivity contribution in [2.45, 2.75) is 44.0 Å². The highest BCUT2D eigenvalue weighted by Gasteiger charge is 2.30. The molecular weight excluding hydrogens is 288 g/mol. The fraction of sp³-hybridized carbons (Fsp3) is 0.600. The zero-order chi connectivity index (χ0) is 15.6. The first-order chi connectivity index (χ1) is 9.83. The van der Waals surface area contributed by atoms with Crippen LogP contribution in [0.4, 0.5) is 5.69 Å². The zero-order valence-corrected chi connectivity index (χ0v) is 13.6. The van der Waals surface area contributed by atoms with Gasteiger partial charge in [-0.05, 0) is 49.3 Å². The number of methoxy groups -OCH3 is 1. The number of sulfonamides is 1. The summed E-state index contributed by atoms with van der Waals surface area (Å²) < 4.78 is 33.2. The summed E-state index contributed by atoms with van der Waals surface area (Å²) in [4.78, 5) is 0.107. The van der Waals surface area contributed by atoms with Gasteiger partial charge in [0.1, 0.15) is 10.6 Å². The molecule has 1 saturated carbocycles. The van der Waals surface area contributed by atoms with Crippen LogP contribution >= 0.6 is 0 Å². The second-order valence-corrected chi connectivity index (χ2v) is 7.72. The first kappa shape index (κ1) is 16.1. The summed E-state index contributed by atoms with van der Waals surface area (Å²) in [6.07, 6.45) is 2.96. The number of nitrogens with one attached hydrogen (secondary N) is 1. The number of benzene rings is 1. The molecule has 3 atom stereocenters. The van der Waals surface area contributed by atoms with E-state index in [2.05, 4.69) is 18.6 Å². The minimum Gasteiger partial charge on any atom is -0.495 e. The Bertz CT molecular complexity index is 601. The van der Waals surface area contributed by atoms with Crippen molar-refractivity contribution in [3.05, 3.63) is 18.2 Å². The van der Waals surface area contributed by atoms with Gasteiger partial charge >= 0.3 is 0 Å². The number of rotatable bonds is 4. The smallest absolute Gasteiger partial charge is 0.244 e. The van der Waals surface area contributed by atoms with Crippen molar-refractivity contribution < 1.29 is 13.2 Å². The summed E-state index contributed by atoms with van der Waals surface area (Å²) in [5.41, 5.74) is 6.11. The van der Waals surface area contributed by atoms with Gasteiger partial charge in [0.15, 0.2) is 0 Å². The first-order valence-electron chi connectivity index (χ1n) is 7.29. The Morgan fingerprint density at radius 3 is 2.62 bits per heavy atom. The van der Waals surface area contributed by atoms with Gasteiger partial charge in [-0.15, -0.1) is 0 Å². The maximum absolute atomic E-state index is 12.6. The van der Waals surface area contributed by atoms with E-state index in [9.17, 15) is 8.42 Å². The van der Waals surface area contributed by atoms with Crippen molar-refractivity contribution in [2.75, 3.05) is 12.8 Å². The number of hydrogen-bond donors (Lipinski definition) is 2. The maximum Gasteiger partial charge on any atom is 0.244 e. The highest BCUT2D eigenvalue weighted by atomic mass is 32.2. The van der Waals surface area contributed by atoms with E-state index in [0.717, 1.165) is 19.3 Å². The Labute approximate surface area is 126 Å². The van der Waals surface area contributed by atoms with Crippen molar-refractivity contribution in [1.82, 2.24) is 4.72 Å². The van der Waals surface area contributed by atoms with E-state index in [1.165, 1.54) is 13.2 Å². The Morgan fingerprint density at radius 2 is 2.00 bits per heavy atom. The second kappa shape index (κ2) is 6.23. The summed E-state index contributed by atoms with van der Waals surface area (Å²) in [6, 6.07) is 4.62. The minimum atomic E-state index is -3.63. The van der Waals surface area contributed by atoms with Crippen molar-refractivity contribution in [1.29, 1.82) is 0 Å². The molecule has 21 heavy (non-hydrogen) atoms. The molecule has 1 aliphatic carbocycles. The lowest BCUT2D eigenvalue weighted by molar-refractivity contribution is 0.249. The van der Waals surface area contributed by atoms with Crippen LogP contribution in [0.25, 0.3) is 0 Å². The van der Waals surface area contributed by atoms with E-state index in [-0.39, 0.29) is 10.9 Å². The molecule has 5 nitrogen and oxygen atoms in total. The number of nitrogen functional groups attached to an aromatic ring is 1. The van der Waals surface area contributed by atoms with Crippen LogP contribution in [0.5, 0.6) is 5.75 Å². The van der Waals surface area contributed by atoms with Crippen LogP contribution in [0.3, 0.4) is 0 Å². The lowest BCUT2D eigenvalue weighted by atomic mass is 9.80. The molecule has 3 unspecified atom stereocenters. The number of nitrogens with two attached hydrogens (primary N) is 1. The van der Waals surface area contributed by atoms with Gasteiger partial charge in [-0.25, -0.2) is 13.1 Å². The third-order valence-electron chi connectivity index (χ3n) is 4.22. The molecule has 1 fully saturated rings. The molecule has 0 aromatic heterocycles. The third kappa shape index (κ3) is 3.68. The van der Waals surface area contributed by atoms with Crippen LogP contribution < -0.4 is 15.2 Å². The molecule has 1 aliphatic rings. The van der Waals surface area contributed by atoms with Crippen LogP contribution in [0.1, 0.15) is 33.1 Å². The van der Waals surface area contributed by atoms with E-state index in [1.807, 2.05) is 0 Å². The van der Waals surface area contributed by atoms with Gasteiger partial charge < -0.3 is 10.5 Å². The van der Waals surface area contributed by atoms with Gasteiger partial charge in [0.05, 0.1) is 7.11 Å². The fourth-order valence-corrected chi connectivity index (χ4v) is 4.59. The Hall–Kier alpha value is -1.27. The fourth-order valence-electron chi connectivity index (χ4n) is 3.01. The number of hydrogen-bond acceptors (Lipinski definition) is 4. The van der Waals surface area contributed by atoms with Crippen LogP contribution in [-0.4, -0.2) is 21.6 Å². The van der Waals surface area contributed by atoms with Crippen LogP contribution in [0.2, 0.25) is 0 Å². The van der Waals surface area contributed by atoms with Crippen molar-refractivity contribution in [3.63, 3.8) is 0 Å². The normalized spacial score (nSPS) is 26.5. The molecule has 6 heteroatoms. The highest BCUT2D eigenvalue weighted by Crippen LogP contribution is 2.31. The molecule has 0 spiro atoms. The predicted octanol–water partition coefficient (Wildman–Crippen LogP) is 2.38. The van der Waals surface area contributed by atoms with Crippen LogP contribution in [-0.2, 0) is 10.0 Å². The molecule has 0 saturated heterocycles. The highest BCUT2D eigenvalue weighted by molar-refractivity contribution is 7.89. The number of anilines is 1. The molecule has 0 radical (unpaired) electrons. The molecule has 1 aromatic carbocycles. The minimum absolute atomic E-state index is 0.0302. The summed E-state index contributed by atoms with van der Waals surface area (Å²) in [7, 11) is -2.18. The lowest BCUT2D eigenvalue weighted by Crippen LogP contribution is -2.42. The van der Waals surface area contributed by atoms with Crippen molar-refractivity contribution in [3.8, 4) is 5.75 Å². The van der Waals surface area contributed by atoms with E-state index in [0.29, 0.717) is 23.3 Å². The van der Waals surface area contributed by atoms with Gasteiger partial charge in [0.2, 0.25) is 10.0 Å². The second-order valence-electron chi connectivity index (χ2n) is 6.03. The van der Waals surface area contributed by atoms with E-state index >= 15 is 0 Å². The quantitative estimate of drug-likeness (QED) is 0.836. The molecule has 0 aliphatic heterocycles. The van der Waals surface area contributed by atoms with Crippen LogP contribution in [0.15, 0.2) is 23.1 Å². The monoisotopic (exact) mass is 312 g/mol. The third-order valence-corrected chi connectivity index (χ3v) is 5.73. The average molecular weight is 312 g/mol. The molecule has 0 amide bonds. The molecular formula is C15H24N2O3S. The lowest BCUT2D eigenvalue weighted by Gasteiger charge is -2.33. The topological polar surface area (TPSA) is 81.4 Å². The summed E-state index contributed by atoms with van der Waals surface area (Å²) >= 11 is 0. The predicted molar refractivity (Wildman–Crippen MR) is 83.7 cm³/mol. The molecule has 1 aromatic rings. The van der Waals surface area contributed by atoms with E-state index in [1.54, 1.807) is 12.1 Å². The SMILES string of the molecule is COc1ccc(N)cc1S(=O)(=O)NC1CCC(C)CC1C. The first-order valence-corrected chi connectivity index (χ1v) is 8.77. The van der Waals surface area contributed by atoms with E-state index in [4.69, 9.17) is 10.5 Å². The van der Waals surface area contributed by atoms with E-state index < -0.39 is 10.0 Å². The number of ether oxygens (including phenoxy) is 1. The Balaban J connectivity index is 2.24. The van der Waals surface area contributed by atoms with Gasteiger partial charge in [0, 0.05) is 11.7 Å². The Kier molecular flexibility index (Phi) is 4.78. The van der Waals surface area contributed by atoms with Gasteiger partial charge in [-0.1, -0.05) is 13.8 Å². The van der Waals surface area contributed by atoms with Crippen molar-refractivity contribution >= 4 is 15.7 Å². The maximum atomic E-state index is 12.6. The molecule has 0 bridgehead atoms. The standard InChI is InChI=1S/C15H24N2O3S/c1-10-4-6-13(11(2)8-10)17-21(18,19)15-9-12(16)5-7-14(15)20-3/h5,7,9-11,13,17H,4,6,8,16H2,1-3H3. The molecule has 2 rings (SSSR count). The summed E-state index contributed by atoms with van der Waals surface area (Å²) in [5, 5.41) is 0. The molecule has 118 valence electrons. The van der Waals surface area contributed by atoms with Gasteiger partial charge in [-0.3, -0.25) is 0 Å². The summed E-state index contributed by atoms with van der Waals surface area (Å²) in [6.45, 7) is 4.31. The zero-order valence-electron chi connectivity index (χ0n) is 12.8. The largest absolute Gasteiger partial charge is 0.495 e. The molecule has 0 heterocycles. The Morgan fingerprint density at radius 1 is 1.29 bits per heavy atom. The average Bonchev–Trinajstić information content (AvgIpc) is 2.42. The van der Waals surface area contributed by atoms with Gasteiger partial charge in [-0.2, -0.15) is 0 Å². The van der Waals surface area contributed by atoms with Gasteiger partial charge in [0.25, 0.3) is 0 Å². The molecule has 3 N–H and O–H groups in total. The summed E-state index contributed by atoms with van der Waals surface area (Å²) in [5.74, 6) is 1.30.